The third-order valence-corrected chi connectivity index (χ3v) is 7.80. The number of nitrogens with one attached hydrogen (secondary N) is 2. The van der Waals surface area contributed by atoms with Crippen molar-refractivity contribution < 1.29 is 22.7 Å². The maximum Gasteiger partial charge on any atom is 0.434 e. The van der Waals surface area contributed by atoms with Crippen LogP contribution < -0.4 is 15.2 Å². The Hall–Kier alpha value is -2.66. The van der Waals surface area contributed by atoms with Crippen molar-refractivity contribution in [1.29, 1.82) is 0 Å². The van der Waals surface area contributed by atoms with Gasteiger partial charge in [-0.1, -0.05) is 36.7 Å². The zero-order valence-electron chi connectivity index (χ0n) is 18.3. The third-order valence-electron chi connectivity index (χ3n) is 6.01. The molecule has 0 fully saturated rings. The van der Waals surface area contributed by atoms with Gasteiger partial charge in [0.05, 0.1) is 17.7 Å². The molecule has 2 aromatic carbocycles. The van der Waals surface area contributed by atoms with Gasteiger partial charge >= 0.3 is 5.76 Å². The Morgan fingerprint density at radius 2 is 2.03 bits per heavy atom. The van der Waals surface area contributed by atoms with Gasteiger partial charge in [0.15, 0.2) is 0 Å². The van der Waals surface area contributed by atoms with Gasteiger partial charge in [0.2, 0.25) is 15.9 Å². The van der Waals surface area contributed by atoms with Gasteiger partial charge in [-0.05, 0) is 42.7 Å². The average Bonchev–Trinajstić information content (AvgIpc) is 3.19. The molecule has 0 saturated heterocycles. The van der Waals surface area contributed by atoms with Crippen molar-refractivity contribution in [3.63, 3.8) is 0 Å². The van der Waals surface area contributed by atoms with E-state index in [4.69, 9.17) is 20.8 Å². The number of nitrogens with zero attached hydrogens (tertiary/aromatic N) is 1. The number of aromatic amines is 1. The smallest absolute Gasteiger partial charge is 0.434 e. The molecule has 1 aromatic heterocycles. The molecule has 3 atom stereocenters. The molecule has 0 radical (unpaired) electrons. The predicted molar refractivity (Wildman–Crippen MR) is 121 cm³/mol. The Labute approximate surface area is 195 Å². The van der Waals surface area contributed by atoms with Crippen molar-refractivity contribution in [3.05, 3.63) is 74.0 Å². The Kier molecular flexibility index (Phi) is 6.37. The monoisotopic (exact) mass is 493 g/mol. The Bertz CT molecular complexity index is 1350. The second-order valence-corrected chi connectivity index (χ2v) is 10.2. The average molecular weight is 494 g/mol. The first kappa shape index (κ1) is 23.5. The molecule has 0 saturated carbocycles. The molecule has 0 amide bonds. The van der Waals surface area contributed by atoms with Crippen molar-refractivity contribution in [2.75, 3.05) is 6.61 Å². The van der Waals surface area contributed by atoms with Crippen LogP contribution in [0.1, 0.15) is 59.6 Å². The number of sulfonamides is 1. The lowest BCUT2D eigenvalue weighted by Gasteiger charge is -2.27. The number of aromatic nitrogens is 2. The highest BCUT2D eigenvalue weighted by atomic mass is 35.5. The molecule has 2 heterocycles. The van der Waals surface area contributed by atoms with E-state index in [0.717, 1.165) is 16.7 Å². The number of aliphatic hydroxyl groups excluding tert-OH is 1. The molecule has 9 nitrogen and oxygen atoms in total. The number of fused-ring (bicyclic) bond motifs is 1. The van der Waals surface area contributed by atoms with Crippen LogP contribution in [0, 0.1) is 13.8 Å². The Morgan fingerprint density at radius 1 is 1.27 bits per heavy atom. The zero-order chi connectivity index (χ0) is 23.9. The number of rotatable bonds is 6. The summed E-state index contributed by atoms with van der Waals surface area (Å²) in [5, 5.41) is 16.6. The van der Waals surface area contributed by atoms with Crippen LogP contribution in [-0.2, 0) is 10.0 Å². The summed E-state index contributed by atoms with van der Waals surface area (Å²) >= 11 is 6.21. The summed E-state index contributed by atoms with van der Waals surface area (Å²) in [5.41, 5.74) is 3.13. The lowest BCUT2D eigenvalue weighted by atomic mass is 9.88. The number of benzene rings is 2. The van der Waals surface area contributed by atoms with Gasteiger partial charge in [0.25, 0.3) is 0 Å². The van der Waals surface area contributed by atoms with Crippen LogP contribution in [0.15, 0.2) is 44.4 Å². The Balaban J connectivity index is 1.80. The quantitative estimate of drug-likeness (QED) is 0.479. The minimum Gasteiger partial charge on any atom is -0.492 e. The number of aliphatic hydroxyl groups is 1. The van der Waals surface area contributed by atoms with Gasteiger partial charge in [0, 0.05) is 17.9 Å². The molecular formula is C22H24ClN3O6S. The first-order valence-electron chi connectivity index (χ1n) is 10.4. The van der Waals surface area contributed by atoms with E-state index in [-0.39, 0.29) is 33.7 Å². The third kappa shape index (κ3) is 4.43. The molecule has 0 aliphatic carbocycles. The summed E-state index contributed by atoms with van der Waals surface area (Å²) in [5.74, 6) is -1.32. The lowest BCUT2D eigenvalue weighted by molar-refractivity contribution is 0.113. The zero-order valence-corrected chi connectivity index (χ0v) is 19.8. The highest BCUT2D eigenvalue weighted by Gasteiger charge is 2.35. The summed E-state index contributed by atoms with van der Waals surface area (Å²) in [4.78, 5) is 11.5. The van der Waals surface area contributed by atoms with Gasteiger partial charge < -0.3 is 14.3 Å². The van der Waals surface area contributed by atoms with E-state index in [2.05, 4.69) is 14.9 Å². The second-order valence-electron chi connectivity index (χ2n) is 8.07. The fourth-order valence-corrected chi connectivity index (χ4v) is 5.76. The van der Waals surface area contributed by atoms with Crippen LogP contribution in [-0.4, -0.2) is 30.3 Å². The van der Waals surface area contributed by atoms with E-state index in [1.165, 1.54) is 12.1 Å². The number of H-pyrrole nitrogens is 1. The van der Waals surface area contributed by atoms with Gasteiger partial charge in [-0.15, -0.1) is 5.10 Å². The molecule has 3 N–H and O–H groups in total. The minimum atomic E-state index is -4.22. The highest BCUT2D eigenvalue weighted by Crippen LogP contribution is 2.42. The number of hydrogen-bond donors (Lipinski definition) is 3. The van der Waals surface area contributed by atoms with E-state index in [1.807, 2.05) is 39.0 Å². The van der Waals surface area contributed by atoms with Crippen LogP contribution in [0.3, 0.4) is 0 Å². The molecule has 0 bridgehead atoms. The highest BCUT2D eigenvalue weighted by molar-refractivity contribution is 7.89. The fraction of sp³-hybridized carbons (Fsp3) is 0.364. The summed E-state index contributed by atoms with van der Waals surface area (Å²) < 4.78 is 40.4. The van der Waals surface area contributed by atoms with E-state index in [0.29, 0.717) is 6.42 Å². The standard InChI is InChI=1S/C22H24ClN3O6S/c1-11-5-4-6-14(12(11)2)13(3)19(21-24-25-22(28)32-21)26-33(29,30)17-8-7-15(23)18-16(27)9-10-31-20(17)18/h4-8,13,16,19,26-27H,9-10H2,1-3H3,(H,25,28). The molecule has 33 heavy (non-hydrogen) atoms. The van der Waals surface area contributed by atoms with E-state index in [1.54, 1.807) is 0 Å². The molecule has 3 aromatic rings. The first-order valence-corrected chi connectivity index (χ1v) is 12.2. The van der Waals surface area contributed by atoms with Gasteiger partial charge in [0.1, 0.15) is 16.7 Å². The minimum absolute atomic E-state index is 0.00960. The Morgan fingerprint density at radius 3 is 2.73 bits per heavy atom. The van der Waals surface area contributed by atoms with Crippen molar-refractivity contribution in [2.45, 2.75) is 50.2 Å². The molecule has 3 unspecified atom stereocenters. The molecule has 11 heteroatoms. The van der Waals surface area contributed by atoms with Gasteiger partial charge in [-0.2, -0.15) is 4.72 Å². The van der Waals surface area contributed by atoms with Crippen LogP contribution in [0.5, 0.6) is 5.75 Å². The SMILES string of the molecule is Cc1cccc(C(C)C(NS(=O)(=O)c2ccc(Cl)c3c2OCCC3O)c2n[nH]c(=O)o2)c1C. The van der Waals surface area contributed by atoms with Crippen molar-refractivity contribution in [1.82, 2.24) is 14.9 Å². The number of halogens is 1. The van der Waals surface area contributed by atoms with Gasteiger partial charge in [-0.25, -0.2) is 18.3 Å². The van der Waals surface area contributed by atoms with E-state index < -0.39 is 33.8 Å². The van der Waals surface area contributed by atoms with Crippen molar-refractivity contribution in [2.24, 2.45) is 0 Å². The first-order chi connectivity index (χ1) is 15.6. The summed E-state index contributed by atoms with van der Waals surface area (Å²) in [6.45, 7) is 5.87. The van der Waals surface area contributed by atoms with Crippen LogP contribution in [0.4, 0.5) is 0 Å². The van der Waals surface area contributed by atoms with Crippen molar-refractivity contribution >= 4 is 21.6 Å². The molecule has 1 aliphatic heterocycles. The van der Waals surface area contributed by atoms with E-state index >= 15 is 0 Å². The second kappa shape index (κ2) is 8.94. The summed E-state index contributed by atoms with van der Waals surface area (Å²) in [6, 6.07) is 7.46. The summed E-state index contributed by atoms with van der Waals surface area (Å²) in [6.07, 6.45) is -0.639. The largest absolute Gasteiger partial charge is 0.492 e. The van der Waals surface area contributed by atoms with Crippen LogP contribution >= 0.6 is 11.6 Å². The normalized spacial score (nSPS) is 17.8. The predicted octanol–water partition coefficient (Wildman–Crippen LogP) is 3.27. The number of ether oxygens (including phenoxy) is 1. The van der Waals surface area contributed by atoms with Gasteiger partial charge in [-0.3, -0.25) is 0 Å². The van der Waals surface area contributed by atoms with Crippen LogP contribution in [0.2, 0.25) is 5.02 Å². The maximum atomic E-state index is 13.5. The molecule has 4 rings (SSSR count). The number of hydrogen-bond acceptors (Lipinski definition) is 7. The van der Waals surface area contributed by atoms with Crippen molar-refractivity contribution in [3.8, 4) is 5.75 Å². The summed E-state index contributed by atoms with van der Waals surface area (Å²) in [7, 11) is -4.22. The maximum absolute atomic E-state index is 13.5. The fourth-order valence-electron chi connectivity index (χ4n) is 4.06. The molecule has 176 valence electrons. The lowest BCUT2D eigenvalue weighted by Crippen LogP contribution is -2.33. The molecule has 1 aliphatic rings. The van der Waals surface area contributed by atoms with E-state index in [9.17, 15) is 18.3 Å². The topological polar surface area (TPSA) is 135 Å². The van der Waals surface area contributed by atoms with Crippen LogP contribution in [0.25, 0.3) is 0 Å². The molecular weight excluding hydrogens is 470 g/mol. The molecule has 0 spiro atoms. The number of aryl methyl sites for hydroxylation is 1.